The molecule has 2 heterocycles. The van der Waals surface area contributed by atoms with E-state index in [4.69, 9.17) is 15.2 Å². The van der Waals surface area contributed by atoms with Crippen LogP contribution in [0.2, 0.25) is 0 Å². The first-order chi connectivity index (χ1) is 9.85. The second kappa shape index (κ2) is 6.43. The topological polar surface area (TPSA) is 51.0 Å². The molecule has 0 amide bonds. The van der Waals surface area contributed by atoms with Gasteiger partial charge in [0.05, 0.1) is 0 Å². The third kappa shape index (κ3) is 3.23. The van der Waals surface area contributed by atoms with Crippen molar-refractivity contribution in [2.24, 2.45) is 5.73 Å². The summed E-state index contributed by atoms with van der Waals surface area (Å²) in [5.41, 5.74) is 6.86. The molecular weight excluding hydrogens is 254 g/mol. The lowest BCUT2D eigenvalue weighted by Gasteiger charge is -2.34. The van der Waals surface area contributed by atoms with E-state index < -0.39 is 0 Å². The molecule has 1 fully saturated rings. The Morgan fingerprint density at radius 3 is 2.55 bits per heavy atom. The number of hydrogen-bond donors (Lipinski definition) is 1. The van der Waals surface area contributed by atoms with Crippen LogP contribution in [0, 0.1) is 0 Å². The summed E-state index contributed by atoms with van der Waals surface area (Å²) in [6.45, 7) is 7.79. The number of nitrogens with two attached hydrogens (primary N) is 1. The first kappa shape index (κ1) is 13.7. The molecule has 2 aliphatic heterocycles. The Kier molecular flexibility index (Phi) is 4.40. The van der Waals surface area contributed by atoms with Crippen molar-refractivity contribution in [2.45, 2.75) is 13.0 Å². The Labute approximate surface area is 120 Å². The fraction of sp³-hybridized carbons (Fsp3) is 0.600. The van der Waals surface area contributed by atoms with Crippen LogP contribution in [0.3, 0.4) is 0 Å². The average Bonchev–Trinajstić information content (AvgIpc) is 2.94. The van der Waals surface area contributed by atoms with E-state index in [2.05, 4.69) is 21.9 Å². The second-order valence-corrected chi connectivity index (χ2v) is 5.45. The van der Waals surface area contributed by atoms with Crippen molar-refractivity contribution in [1.29, 1.82) is 0 Å². The molecule has 0 unspecified atom stereocenters. The summed E-state index contributed by atoms with van der Waals surface area (Å²) in [7, 11) is 0. The zero-order valence-corrected chi connectivity index (χ0v) is 11.9. The van der Waals surface area contributed by atoms with E-state index in [1.807, 2.05) is 6.07 Å². The summed E-state index contributed by atoms with van der Waals surface area (Å²) in [6, 6.07) is 6.24. The number of ether oxygens (including phenoxy) is 2. The third-order valence-corrected chi connectivity index (χ3v) is 3.99. The quantitative estimate of drug-likeness (QED) is 0.866. The normalized spacial score (nSPS) is 19.4. The predicted molar refractivity (Wildman–Crippen MR) is 78.0 cm³/mol. The van der Waals surface area contributed by atoms with Crippen molar-refractivity contribution in [2.75, 3.05) is 46.1 Å². The number of rotatable bonds is 5. The minimum atomic E-state index is 0.346. The van der Waals surface area contributed by atoms with E-state index in [0.29, 0.717) is 6.79 Å². The summed E-state index contributed by atoms with van der Waals surface area (Å²) in [4.78, 5) is 5.00. The molecule has 3 rings (SSSR count). The molecule has 0 atom stereocenters. The molecule has 5 nitrogen and oxygen atoms in total. The van der Waals surface area contributed by atoms with Crippen molar-refractivity contribution >= 4 is 0 Å². The molecule has 0 aromatic heterocycles. The van der Waals surface area contributed by atoms with Gasteiger partial charge in [-0.25, -0.2) is 0 Å². The maximum atomic E-state index is 5.56. The average molecular weight is 277 g/mol. The molecule has 2 N–H and O–H groups in total. The molecule has 0 spiro atoms. The van der Waals surface area contributed by atoms with Crippen LogP contribution in [0.15, 0.2) is 18.2 Å². The van der Waals surface area contributed by atoms with Crippen LogP contribution in [0.5, 0.6) is 11.5 Å². The van der Waals surface area contributed by atoms with Crippen LogP contribution in [-0.2, 0) is 6.54 Å². The Morgan fingerprint density at radius 2 is 1.75 bits per heavy atom. The smallest absolute Gasteiger partial charge is 0.231 e. The molecule has 1 aromatic carbocycles. The van der Waals surface area contributed by atoms with Crippen molar-refractivity contribution in [3.8, 4) is 11.5 Å². The largest absolute Gasteiger partial charge is 0.454 e. The molecule has 2 aliphatic rings. The van der Waals surface area contributed by atoms with Crippen LogP contribution in [0.4, 0.5) is 0 Å². The first-order valence-corrected chi connectivity index (χ1v) is 7.38. The molecule has 0 bridgehead atoms. The van der Waals surface area contributed by atoms with E-state index in [0.717, 1.165) is 63.7 Å². The van der Waals surface area contributed by atoms with E-state index in [9.17, 15) is 0 Å². The van der Waals surface area contributed by atoms with Gasteiger partial charge < -0.3 is 20.1 Å². The molecule has 0 saturated carbocycles. The number of piperazine rings is 1. The molecule has 110 valence electrons. The highest BCUT2D eigenvalue weighted by molar-refractivity contribution is 5.44. The zero-order chi connectivity index (χ0) is 13.8. The highest BCUT2D eigenvalue weighted by Crippen LogP contribution is 2.32. The van der Waals surface area contributed by atoms with Crippen LogP contribution >= 0.6 is 0 Å². The van der Waals surface area contributed by atoms with E-state index in [-0.39, 0.29) is 0 Å². The van der Waals surface area contributed by atoms with Crippen molar-refractivity contribution in [1.82, 2.24) is 9.80 Å². The summed E-state index contributed by atoms with van der Waals surface area (Å²) in [5.74, 6) is 1.74. The molecule has 0 radical (unpaired) electrons. The molecule has 1 saturated heterocycles. The molecule has 5 heteroatoms. The molecular formula is C15H23N3O2. The maximum absolute atomic E-state index is 5.56. The highest BCUT2D eigenvalue weighted by Gasteiger charge is 2.18. The second-order valence-electron chi connectivity index (χ2n) is 5.45. The van der Waals surface area contributed by atoms with Gasteiger partial charge in [-0.3, -0.25) is 4.90 Å². The SMILES string of the molecule is NCCCN1CCN(Cc2ccc3c(c2)OCO3)CC1. The minimum Gasteiger partial charge on any atom is -0.454 e. The fourth-order valence-electron chi connectivity index (χ4n) is 2.78. The molecule has 20 heavy (non-hydrogen) atoms. The van der Waals surface area contributed by atoms with Gasteiger partial charge in [-0.15, -0.1) is 0 Å². The predicted octanol–water partition coefficient (Wildman–Crippen LogP) is 0.882. The van der Waals surface area contributed by atoms with Crippen LogP contribution in [0.1, 0.15) is 12.0 Å². The van der Waals surface area contributed by atoms with Gasteiger partial charge in [-0.1, -0.05) is 6.07 Å². The monoisotopic (exact) mass is 277 g/mol. The van der Waals surface area contributed by atoms with E-state index >= 15 is 0 Å². The lowest BCUT2D eigenvalue weighted by Crippen LogP contribution is -2.46. The lowest BCUT2D eigenvalue weighted by atomic mass is 10.1. The molecule has 1 aromatic rings. The van der Waals surface area contributed by atoms with Crippen molar-refractivity contribution in [3.63, 3.8) is 0 Å². The highest BCUT2D eigenvalue weighted by atomic mass is 16.7. The van der Waals surface area contributed by atoms with E-state index in [1.165, 1.54) is 5.56 Å². The Hall–Kier alpha value is -1.30. The number of nitrogens with zero attached hydrogens (tertiary/aromatic N) is 2. The fourth-order valence-corrected chi connectivity index (χ4v) is 2.78. The van der Waals surface area contributed by atoms with E-state index in [1.54, 1.807) is 0 Å². The first-order valence-electron chi connectivity index (χ1n) is 7.38. The van der Waals surface area contributed by atoms with Crippen molar-refractivity contribution < 1.29 is 9.47 Å². The summed E-state index contributed by atoms with van der Waals surface area (Å²) < 4.78 is 10.8. The lowest BCUT2D eigenvalue weighted by molar-refractivity contribution is 0.126. The van der Waals surface area contributed by atoms with Gasteiger partial charge >= 0.3 is 0 Å². The summed E-state index contributed by atoms with van der Waals surface area (Å²) in [5, 5.41) is 0. The standard InChI is InChI=1S/C15H23N3O2/c16-4-1-5-17-6-8-18(9-7-17)11-13-2-3-14-15(10-13)20-12-19-14/h2-3,10H,1,4-9,11-12,16H2. The summed E-state index contributed by atoms with van der Waals surface area (Å²) >= 11 is 0. The van der Waals surface area contributed by atoms with Crippen LogP contribution in [0.25, 0.3) is 0 Å². The van der Waals surface area contributed by atoms with Gasteiger partial charge in [0.2, 0.25) is 6.79 Å². The Bertz CT molecular complexity index is 445. The maximum Gasteiger partial charge on any atom is 0.231 e. The molecule has 0 aliphatic carbocycles. The van der Waals surface area contributed by atoms with Gasteiger partial charge in [0, 0.05) is 32.7 Å². The third-order valence-electron chi connectivity index (χ3n) is 3.99. The minimum absolute atomic E-state index is 0.346. The van der Waals surface area contributed by atoms with Gasteiger partial charge in [0.15, 0.2) is 11.5 Å². The van der Waals surface area contributed by atoms with Crippen LogP contribution < -0.4 is 15.2 Å². The van der Waals surface area contributed by atoms with Gasteiger partial charge in [0.25, 0.3) is 0 Å². The Morgan fingerprint density at radius 1 is 1.00 bits per heavy atom. The number of fused-ring (bicyclic) bond motifs is 1. The van der Waals surface area contributed by atoms with Gasteiger partial charge in [-0.05, 0) is 37.2 Å². The number of hydrogen-bond acceptors (Lipinski definition) is 5. The Balaban J connectivity index is 1.50. The zero-order valence-electron chi connectivity index (χ0n) is 11.9. The van der Waals surface area contributed by atoms with Crippen molar-refractivity contribution in [3.05, 3.63) is 23.8 Å². The summed E-state index contributed by atoms with van der Waals surface area (Å²) in [6.07, 6.45) is 1.10. The van der Waals surface area contributed by atoms with Gasteiger partial charge in [0.1, 0.15) is 0 Å². The van der Waals surface area contributed by atoms with Crippen LogP contribution in [-0.4, -0.2) is 55.9 Å². The van der Waals surface area contributed by atoms with Gasteiger partial charge in [-0.2, -0.15) is 0 Å². The number of benzene rings is 1.